The number of unbranched alkanes of at least 4 members (excludes halogenated alkanes) is 1. The van der Waals surface area contributed by atoms with E-state index < -0.39 is 0 Å². The fraction of sp³-hybridized carbons (Fsp3) is 1.00. The molecule has 0 aromatic rings. The monoisotopic (exact) mass is 414 g/mol. The van der Waals surface area contributed by atoms with Gasteiger partial charge in [-0.05, 0) is 19.3 Å². The molecule has 0 radical (unpaired) electrons. The molecule has 126 valence electrons. The first-order chi connectivity index (χ1) is 10.3. The van der Waals surface area contributed by atoms with Gasteiger partial charge in [-0.1, -0.05) is 48.8 Å². The molecule has 21 heavy (non-hydrogen) atoms. The lowest BCUT2D eigenvalue weighted by atomic mass is 10.1. The van der Waals surface area contributed by atoms with E-state index in [9.17, 15) is 0 Å². The Morgan fingerprint density at radius 2 is 1.33 bits per heavy atom. The van der Waals surface area contributed by atoms with Crippen LogP contribution in [0.15, 0.2) is 0 Å². The van der Waals surface area contributed by atoms with Crippen LogP contribution in [0.5, 0.6) is 0 Å². The summed E-state index contributed by atoms with van der Waals surface area (Å²) in [5.74, 6) is 0. The van der Waals surface area contributed by atoms with E-state index in [0.29, 0.717) is 39.6 Å². The van der Waals surface area contributed by atoms with Gasteiger partial charge in [-0.2, -0.15) is 0 Å². The van der Waals surface area contributed by atoms with Crippen LogP contribution in [-0.4, -0.2) is 56.3 Å². The van der Waals surface area contributed by atoms with Crippen molar-refractivity contribution in [3.05, 3.63) is 0 Å². The first-order valence-electron chi connectivity index (χ1n) is 8.26. The van der Waals surface area contributed by atoms with E-state index in [0.717, 1.165) is 17.5 Å². The molecule has 5 heteroatoms. The molecule has 1 rings (SSSR count). The fourth-order valence-electron chi connectivity index (χ4n) is 2.44. The summed E-state index contributed by atoms with van der Waals surface area (Å²) < 4.78 is 23.5. The van der Waals surface area contributed by atoms with Gasteiger partial charge in [0, 0.05) is 11.0 Å². The zero-order valence-electron chi connectivity index (χ0n) is 13.4. The second kappa shape index (κ2) is 13.0. The summed E-state index contributed by atoms with van der Waals surface area (Å²) in [6.07, 6.45) is 7.32. The summed E-state index contributed by atoms with van der Waals surface area (Å²) >= 11 is 2.44. The molecule has 0 aromatic carbocycles. The number of ether oxygens (including phenoxy) is 4. The maximum Gasteiger partial charge on any atom is 0.0772 e. The van der Waals surface area contributed by atoms with Crippen LogP contribution in [-0.2, 0) is 18.9 Å². The van der Waals surface area contributed by atoms with Gasteiger partial charge in [0.1, 0.15) is 0 Å². The molecule has 0 heterocycles. The van der Waals surface area contributed by atoms with Crippen molar-refractivity contribution in [3.8, 4) is 0 Å². The second-order valence-corrected chi connectivity index (χ2v) is 6.33. The highest BCUT2D eigenvalue weighted by Gasteiger charge is 2.33. The molecule has 0 N–H and O–H groups in total. The molecule has 0 unspecified atom stereocenters. The molecule has 0 bridgehead atoms. The van der Waals surface area contributed by atoms with Gasteiger partial charge in [-0.25, -0.2) is 0 Å². The minimum Gasteiger partial charge on any atom is -0.379 e. The van der Waals surface area contributed by atoms with E-state index in [1.54, 1.807) is 0 Å². The molecular weight excluding hydrogens is 383 g/mol. The van der Waals surface area contributed by atoms with E-state index in [-0.39, 0.29) is 5.60 Å². The number of rotatable bonds is 14. The maximum atomic E-state index is 6.03. The highest BCUT2D eigenvalue weighted by molar-refractivity contribution is 14.1. The van der Waals surface area contributed by atoms with Crippen molar-refractivity contribution in [2.45, 2.75) is 51.0 Å². The van der Waals surface area contributed by atoms with Crippen molar-refractivity contribution >= 4 is 22.6 Å². The van der Waals surface area contributed by atoms with Gasteiger partial charge in [0.2, 0.25) is 0 Å². The van der Waals surface area contributed by atoms with Crippen LogP contribution in [0, 0.1) is 0 Å². The Morgan fingerprint density at radius 3 is 1.86 bits per heavy atom. The van der Waals surface area contributed by atoms with Crippen LogP contribution >= 0.6 is 22.6 Å². The molecule has 4 nitrogen and oxygen atoms in total. The quantitative estimate of drug-likeness (QED) is 0.247. The van der Waals surface area contributed by atoms with Crippen LogP contribution in [0.2, 0.25) is 0 Å². The Bertz CT molecular complexity index is 232. The van der Waals surface area contributed by atoms with Crippen LogP contribution in [0.3, 0.4) is 0 Å². The van der Waals surface area contributed by atoms with Crippen molar-refractivity contribution in [2.75, 3.05) is 50.7 Å². The molecule has 1 aliphatic carbocycles. The second-order valence-electron chi connectivity index (χ2n) is 5.56. The maximum absolute atomic E-state index is 6.03. The normalized spacial score (nSPS) is 17.4. The Labute approximate surface area is 143 Å². The van der Waals surface area contributed by atoms with Crippen molar-refractivity contribution in [1.29, 1.82) is 0 Å². The molecular formula is C16H31IO4. The van der Waals surface area contributed by atoms with Crippen LogP contribution in [0.1, 0.15) is 45.4 Å². The Balaban J connectivity index is 1.80. The summed E-state index contributed by atoms with van der Waals surface area (Å²) in [5, 5.41) is 0. The summed E-state index contributed by atoms with van der Waals surface area (Å²) in [5.41, 5.74) is 0.135. The van der Waals surface area contributed by atoms with Gasteiger partial charge in [-0.3, -0.25) is 0 Å². The molecule has 0 saturated heterocycles. The minimum atomic E-state index is 0.135. The van der Waals surface area contributed by atoms with Gasteiger partial charge in [0.25, 0.3) is 0 Å². The Hall–Kier alpha value is 0.570. The van der Waals surface area contributed by atoms with Gasteiger partial charge in [0.05, 0.1) is 45.2 Å². The Kier molecular flexibility index (Phi) is 12.2. The summed E-state index contributed by atoms with van der Waals surface area (Å²) in [6, 6.07) is 0. The lowest BCUT2D eigenvalue weighted by Gasteiger charge is -2.27. The first kappa shape index (κ1) is 19.6. The van der Waals surface area contributed by atoms with Crippen LogP contribution in [0.4, 0.5) is 0 Å². The van der Waals surface area contributed by atoms with E-state index in [4.69, 9.17) is 18.9 Å². The Morgan fingerprint density at radius 1 is 0.810 bits per heavy atom. The van der Waals surface area contributed by atoms with Crippen molar-refractivity contribution in [1.82, 2.24) is 0 Å². The fourth-order valence-corrected chi connectivity index (χ4v) is 3.42. The van der Waals surface area contributed by atoms with Crippen molar-refractivity contribution < 1.29 is 18.9 Å². The van der Waals surface area contributed by atoms with Gasteiger partial charge in [0.15, 0.2) is 0 Å². The van der Waals surface area contributed by atoms with Gasteiger partial charge < -0.3 is 18.9 Å². The highest BCUT2D eigenvalue weighted by Crippen LogP contribution is 2.34. The average molecular weight is 414 g/mol. The summed E-state index contributed by atoms with van der Waals surface area (Å²) in [4.78, 5) is 0. The van der Waals surface area contributed by atoms with Gasteiger partial charge in [-0.15, -0.1) is 0 Å². The van der Waals surface area contributed by atoms with E-state index in [1.807, 2.05) is 0 Å². The number of halogens is 1. The van der Waals surface area contributed by atoms with E-state index >= 15 is 0 Å². The van der Waals surface area contributed by atoms with Gasteiger partial charge >= 0.3 is 0 Å². The number of alkyl halides is 1. The zero-order chi connectivity index (χ0) is 15.2. The van der Waals surface area contributed by atoms with Crippen molar-refractivity contribution in [3.63, 3.8) is 0 Å². The standard InChI is InChI=1S/C16H31IO4/c1-2-3-8-18-9-10-19-11-12-20-13-14-21-16(15-17)6-4-5-7-16/h2-15H2,1H3. The molecule has 0 aliphatic heterocycles. The molecule has 1 aliphatic rings. The zero-order valence-corrected chi connectivity index (χ0v) is 15.6. The number of hydrogen-bond acceptors (Lipinski definition) is 4. The summed E-state index contributed by atoms with van der Waals surface area (Å²) in [6.45, 7) is 6.96. The predicted molar refractivity (Wildman–Crippen MR) is 93.4 cm³/mol. The minimum absolute atomic E-state index is 0.135. The average Bonchev–Trinajstić information content (AvgIpc) is 2.98. The molecule has 0 amide bonds. The van der Waals surface area contributed by atoms with E-state index in [2.05, 4.69) is 29.5 Å². The number of hydrogen-bond donors (Lipinski definition) is 0. The molecule has 1 fully saturated rings. The topological polar surface area (TPSA) is 36.9 Å². The smallest absolute Gasteiger partial charge is 0.0772 e. The van der Waals surface area contributed by atoms with Crippen LogP contribution < -0.4 is 0 Å². The highest BCUT2D eigenvalue weighted by atomic mass is 127. The first-order valence-corrected chi connectivity index (χ1v) is 9.79. The third kappa shape index (κ3) is 9.33. The predicted octanol–water partition coefficient (Wildman–Crippen LogP) is 3.60. The largest absolute Gasteiger partial charge is 0.379 e. The molecule has 0 aromatic heterocycles. The summed E-state index contributed by atoms with van der Waals surface area (Å²) in [7, 11) is 0. The van der Waals surface area contributed by atoms with E-state index in [1.165, 1.54) is 32.1 Å². The molecule has 0 atom stereocenters. The molecule has 1 saturated carbocycles. The lowest BCUT2D eigenvalue weighted by Crippen LogP contribution is -2.32. The molecule has 0 spiro atoms. The SMILES string of the molecule is CCCCOCCOCCOCCOC1(CI)CCCC1. The third-order valence-electron chi connectivity index (χ3n) is 3.78. The van der Waals surface area contributed by atoms with Crippen molar-refractivity contribution in [2.24, 2.45) is 0 Å². The lowest BCUT2D eigenvalue weighted by molar-refractivity contribution is -0.0554. The third-order valence-corrected chi connectivity index (χ3v) is 5.17. The van der Waals surface area contributed by atoms with Crippen LogP contribution in [0.25, 0.3) is 0 Å².